The standard InChI is InChI=1S/C15H19N5.ClH/c1-4-8-17-14-12-10-11(16-3)6-7-13(12)19-15(20-14)18-9-5-2;/h4-7,10,16H,1-2,8-9H2,3H3,(H2,17,18,19,20);1H. The van der Waals surface area contributed by atoms with Crippen molar-refractivity contribution < 1.29 is 0 Å². The van der Waals surface area contributed by atoms with E-state index in [0.717, 1.165) is 22.4 Å². The largest absolute Gasteiger partial charge is 0.388 e. The van der Waals surface area contributed by atoms with Crippen LogP contribution in [0.5, 0.6) is 0 Å². The predicted octanol–water partition coefficient (Wildman–Crippen LogP) is 3.29. The van der Waals surface area contributed by atoms with Gasteiger partial charge in [-0.15, -0.1) is 25.6 Å². The van der Waals surface area contributed by atoms with Crippen molar-refractivity contribution in [1.29, 1.82) is 0 Å². The summed E-state index contributed by atoms with van der Waals surface area (Å²) in [5.41, 5.74) is 1.91. The number of nitrogens with one attached hydrogen (secondary N) is 3. The number of aromatic nitrogens is 2. The second-order valence-electron chi connectivity index (χ2n) is 4.22. The van der Waals surface area contributed by atoms with Crippen LogP contribution in [0.15, 0.2) is 43.5 Å². The van der Waals surface area contributed by atoms with Crippen molar-refractivity contribution in [3.8, 4) is 0 Å². The molecule has 0 fully saturated rings. The molecular weight excluding hydrogens is 286 g/mol. The molecule has 0 amide bonds. The first-order valence-corrected chi connectivity index (χ1v) is 6.47. The molecule has 0 aliphatic carbocycles. The summed E-state index contributed by atoms with van der Waals surface area (Å²) in [5, 5.41) is 10.4. The van der Waals surface area contributed by atoms with E-state index in [0.29, 0.717) is 19.0 Å². The maximum Gasteiger partial charge on any atom is 0.225 e. The molecule has 0 aliphatic rings. The second-order valence-corrected chi connectivity index (χ2v) is 4.22. The summed E-state index contributed by atoms with van der Waals surface area (Å²) in [4.78, 5) is 8.99. The molecule has 0 saturated heterocycles. The fourth-order valence-corrected chi connectivity index (χ4v) is 1.83. The van der Waals surface area contributed by atoms with Gasteiger partial charge in [-0.3, -0.25) is 0 Å². The third kappa shape index (κ3) is 4.10. The van der Waals surface area contributed by atoms with Gasteiger partial charge in [-0.1, -0.05) is 12.2 Å². The van der Waals surface area contributed by atoms with Crippen LogP contribution in [0, 0.1) is 0 Å². The number of anilines is 3. The number of benzene rings is 1. The Kier molecular flexibility index (Phi) is 6.49. The quantitative estimate of drug-likeness (QED) is 0.685. The molecule has 0 bridgehead atoms. The average Bonchev–Trinajstić information content (AvgIpc) is 2.50. The van der Waals surface area contributed by atoms with Crippen LogP contribution in [-0.4, -0.2) is 30.1 Å². The molecule has 6 heteroatoms. The fourth-order valence-electron chi connectivity index (χ4n) is 1.83. The van der Waals surface area contributed by atoms with Gasteiger partial charge in [0.2, 0.25) is 5.95 Å². The molecule has 112 valence electrons. The van der Waals surface area contributed by atoms with Gasteiger partial charge in [0.25, 0.3) is 0 Å². The summed E-state index contributed by atoms with van der Waals surface area (Å²) in [6.07, 6.45) is 3.57. The van der Waals surface area contributed by atoms with Crippen LogP contribution in [0.2, 0.25) is 0 Å². The number of hydrogen-bond acceptors (Lipinski definition) is 5. The molecule has 0 spiro atoms. The van der Waals surface area contributed by atoms with Gasteiger partial charge in [-0.2, -0.15) is 4.98 Å². The normalized spacial score (nSPS) is 9.57. The number of fused-ring (bicyclic) bond motifs is 1. The van der Waals surface area contributed by atoms with Gasteiger partial charge >= 0.3 is 0 Å². The van der Waals surface area contributed by atoms with E-state index in [1.54, 1.807) is 12.2 Å². The highest BCUT2D eigenvalue weighted by atomic mass is 35.5. The Morgan fingerprint density at radius 2 is 1.81 bits per heavy atom. The van der Waals surface area contributed by atoms with E-state index in [1.165, 1.54) is 0 Å². The first-order valence-electron chi connectivity index (χ1n) is 6.47. The number of rotatable bonds is 7. The maximum absolute atomic E-state index is 4.49. The van der Waals surface area contributed by atoms with Gasteiger partial charge in [0.15, 0.2) is 0 Å². The Balaban J connectivity index is 0.00000220. The summed E-state index contributed by atoms with van der Waals surface area (Å²) in [5.74, 6) is 1.37. The lowest BCUT2D eigenvalue weighted by molar-refractivity contribution is 1.14. The lowest BCUT2D eigenvalue weighted by Crippen LogP contribution is -2.08. The molecule has 0 saturated carbocycles. The minimum absolute atomic E-state index is 0. The Morgan fingerprint density at radius 3 is 2.48 bits per heavy atom. The van der Waals surface area contributed by atoms with Gasteiger partial charge in [0, 0.05) is 31.2 Å². The van der Waals surface area contributed by atoms with E-state index in [-0.39, 0.29) is 12.4 Å². The molecule has 1 aromatic heterocycles. The molecule has 2 aromatic rings. The van der Waals surface area contributed by atoms with Crippen molar-refractivity contribution in [2.45, 2.75) is 0 Å². The molecule has 0 atom stereocenters. The average molecular weight is 306 g/mol. The molecule has 0 radical (unpaired) electrons. The molecule has 1 heterocycles. The third-order valence-corrected chi connectivity index (χ3v) is 2.80. The zero-order chi connectivity index (χ0) is 14.4. The van der Waals surface area contributed by atoms with Crippen LogP contribution >= 0.6 is 12.4 Å². The first kappa shape index (κ1) is 16.8. The highest BCUT2D eigenvalue weighted by Gasteiger charge is 2.07. The molecule has 3 N–H and O–H groups in total. The zero-order valence-electron chi connectivity index (χ0n) is 12.0. The summed E-state index contributed by atoms with van der Waals surface area (Å²) >= 11 is 0. The topological polar surface area (TPSA) is 61.9 Å². The molecule has 5 nitrogen and oxygen atoms in total. The van der Waals surface area contributed by atoms with Gasteiger partial charge in [-0.05, 0) is 18.2 Å². The number of halogens is 1. The first-order chi connectivity index (χ1) is 9.78. The molecule has 0 aliphatic heterocycles. The fraction of sp³-hybridized carbons (Fsp3) is 0.200. The van der Waals surface area contributed by atoms with Crippen LogP contribution in [0.1, 0.15) is 0 Å². The summed E-state index contributed by atoms with van der Waals surface area (Å²) in [6.45, 7) is 8.67. The minimum Gasteiger partial charge on any atom is -0.388 e. The van der Waals surface area contributed by atoms with E-state index in [9.17, 15) is 0 Å². The molecular formula is C15H20ClN5. The van der Waals surface area contributed by atoms with Crippen molar-refractivity contribution in [3.63, 3.8) is 0 Å². The lowest BCUT2D eigenvalue weighted by atomic mass is 10.2. The Hall–Kier alpha value is -2.27. The van der Waals surface area contributed by atoms with E-state index in [4.69, 9.17) is 0 Å². The van der Waals surface area contributed by atoms with Crippen molar-refractivity contribution in [3.05, 3.63) is 43.5 Å². The van der Waals surface area contributed by atoms with Gasteiger partial charge < -0.3 is 16.0 Å². The maximum atomic E-state index is 4.49. The van der Waals surface area contributed by atoms with Crippen LogP contribution in [0.4, 0.5) is 17.5 Å². The van der Waals surface area contributed by atoms with E-state index >= 15 is 0 Å². The monoisotopic (exact) mass is 305 g/mol. The van der Waals surface area contributed by atoms with Gasteiger partial charge in [0.1, 0.15) is 5.82 Å². The SMILES string of the molecule is C=CCNc1nc(NCC=C)c2cc(NC)ccc2n1.Cl. The molecule has 0 unspecified atom stereocenters. The van der Waals surface area contributed by atoms with Crippen molar-refractivity contribution in [1.82, 2.24) is 9.97 Å². The van der Waals surface area contributed by atoms with Crippen LogP contribution < -0.4 is 16.0 Å². The van der Waals surface area contributed by atoms with E-state index in [1.807, 2.05) is 25.2 Å². The highest BCUT2D eigenvalue weighted by Crippen LogP contribution is 2.25. The van der Waals surface area contributed by atoms with Crippen LogP contribution in [0.3, 0.4) is 0 Å². The lowest BCUT2D eigenvalue weighted by Gasteiger charge is -2.11. The summed E-state index contributed by atoms with van der Waals surface area (Å²) < 4.78 is 0. The molecule has 21 heavy (non-hydrogen) atoms. The number of hydrogen-bond donors (Lipinski definition) is 3. The van der Waals surface area contributed by atoms with Gasteiger partial charge in [-0.25, -0.2) is 4.98 Å². The van der Waals surface area contributed by atoms with E-state index < -0.39 is 0 Å². The third-order valence-electron chi connectivity index (χ3n) is 2.80. The Bertz CT molecular complexity index is 627. The molecule has 1 aromatic carbocycles. The van der Waals surface area contributed by atoms with Crippen molar-refractivity contribution in [2.75, 3.05) is 36.1 Å². The van der Waals surface area contributed by atoms with E-state index in [2.05, 4.69) is 39.1 Å². The number of nitrogens with zero attached hydrogens (tertiary/aromatic N) is 2. The summed E-state index contributed by atoms with van der Waals surface area (Å²) in [6, 6.07) is 5.99. The predicted molar refractivity (Wildman–Crippen MR) is 93.7 cm³/mol. The molecule has 2 rings (SSSR count). The Morgan fingerprint density at radius 1 is 1.10 bits per heavy atom. The smallest absolute Gasteiger partial charge is 0.225 e. The Labute approximate surface area is 131 Å². The highest BCUT2D eigenvalue weighted by molar-refractivity contribution is 5.92. The second kappa shape index (κ2) is 8.11. The van der Waals surface area contributed by atoms with Gasteiger partial charge in [0.05, 0.1) is 5.52 Å². The summed E-state index contributed by atoms with van der Waals surface area (Å²) in [7, 11) is 1.89. The van der Waals surface area contributed by atoms with Crippen LogP contribution in [0.25, 0.3) is 10.9 Å². The minimum atomic E-state index is 0. The van der Waals surface area contributed by atoms with Crippen LogP contribution in [-0.2, 0) is 0 Å². The van der Waals surface area contributed by atoms with Crippen molar-refractivity contribution in [2.24, 2.45) is 0 Å². The van der Waals surface area contributed by atoms with Crippen molar-refractivity contribution >= 4 is 40.8 Å². The zero-order valence-corrected chi connectivity index (χ0v) is 12.8.